The van der Waals surface area contributed by atoms with Crippen molar-refractivity contribution in [2.75, 3.05) is 11.9 Å². The number of phenols is 1. The van der Waals surface area contributed by atoms with Gasteiger partial charge in [0.15, 0.2) is 0 Å². The first kappa shape index (κ1) is 12.9. The maximum absolute atomic E-state index is 12.1. The van der Waals surface area contributed by atoms with Crippen molar-refractivity contribution < 1.29 is 9.90 Å². The fourth-order valence-electron chi connectivity index (χ4n) is 2.23. The number of piperidine rings is 1. The van der Waals surface area contributed by atoms with Gasteiger partial charge in [-0.2, -0.15) is 0 Å². The quantitative estimate of drug-likeness (QED) is 0.702. The Morgan fingerprint density at radius 2 is 2.11 bits per heavy atom. The molecule has 1 fully saturated rings. The molecule has 1 aromatic carbocycles. The highest BCUT2D eigenvalue weighted by Crippen LogP contribution is 2.25. The van der Waals surface area contributed by atoms with E-state index in [9.17, 15) is 9.90 Å². The Hall–Kier alpha value is -1.55. The summed E-state index contributed by atoms with van der Waals surface area (Å²) in [6.07, 6.45) is 3.13. The lowest BCUT2D eigenvalue weighted by Crippen LogP contribution is -2.43. The van der Waals surface area contributed by atoms with Crippen LogP contribution in [-0.4, -0.2) is 23.6 Å². The molecule has 1 aliphatic heterocycles. The van der Waals surface area contributed by atoms with E-state index in [0.29, 0.717) is 0 Å². The molecular weight excluding hydrogens is 228 g/mol. The molecule has 1 atom stereocenters. The lowest BCUT2D eigenvalue weighted by atomic mass is 10.0. The Kier molecular flexibility index (Phi) is 3.87. The maximum atomic E-state index is 12.1. The predicted octanol–water partition coefficient (Wildman–Crippen LogP) is 2.09. The highest BCUT2D eigenvalue weighted by atomic mass is 16.3. The standard InChI is InChI=1S/C14H20N2O2/c1-9-8-13(17)10(2)7-12(9)16-14(18)11-5-3-4-6-15-11/h7-8,11,15,17H,3-6H2,1-2H3,(H,16,18). The lowest BCUT2D eigenvalue weighted by molar-refractivity contribution is -0.118. The van der Waals surface area contributed by atoms with Crippen LogP contribution in [0.1, 0.15) is 30.4 Å². The fourth-order valence-corrected chi connectivity index (χ4v) is 2.23. The number of rotatable bonds is 2. The zero-order valence-electron chi connectivity index (χ0n) is 10.9. The number of carbonyl (C=O) groups excluding carboxylic acids is 1. The second kappa shape index (κ2) is 5.40. The van der Waals surface area contributed by atoms with Gasteiger partial charge in [-0.05, 0) is 56.5 Å². The van der Waals surface area contributed by atoms with E-state index in [4.69, 9.17) is 0 Å². The number of aromatic hydroxyl groups is 1. The smallest absolute Gasteiger partial charge is 0.241 e. The Balaban J connectivity index is 2.08. The van der Waals surface area contributed by atoms with E-state index >= 15 is 0 Å². The molecule has 1 unspecified atom stereocenters. The number of aryl methyl sites for hydroxylation is 2. The molecule has 0 radical (unpaired) electrons. The fraction of sp³-hybridized carbons (Fsp3) is 0.500. The van der Waals surface area contributed by atoms with Gasteiger partial charge in [0.1, 0.15) is 5.75 Å². The molecule has 1 saturated heterocycles. The third kappa shape index (κ3) is 2.82. The van der Waals surface area contributed by atoms with Gasteiger partial charge < -0.3 is 15.7 Å². The average Bonchev–Trinajstić information content (AvgIpc) is 2.37. The summed E-state index contributed by atoms with van der Waals surface area (Å²) >= 11 is 0. The van der Waals surface area contributed by atoms with Crippen molar-refractivity contribution >= 4 is 11.6 Å². The van der Waals surface area contributed by atoms with Crippen molar-refractivity contribution in [1.82, 2.24) is 5.32 Å². The van der Waals surface area contributed by atoms with Crippen LogP contribution in [0, 0.1) is 13.8 Å². The summed E-state index contributed by atoms with van der Waals surface area (Å²) in [5, 5.41) is 15.7. The van der Waals surface area contributed by atoms with E-state index in [-0.39, 0.29) is 17.7 Å². The first-order chi connectivity index (χ1) is 8.58. The monoisotopic (exact) mass is 248 g/mol. The van der Waals surface area contributed by atoms with Crippen LogP contribution in [0.25, 0.3) is 0 Å². The third-order valence-electron chi connectivity index (χ3n) is 3.43. The van der Waals surface area contributed by atoms with Crippen molar-refractivity contribution in [2.45, 2.75) is 39.2 Å². The molecule has 2 rings (SSSR count). The van der Waals surface area contributed by atoms with Gasteiger partial charge >= 0.3 is 0 Å². The van der Waals surface area contributed by atoms with E-state index in [1.807, 2.05) is 19.9 Å². The van der Waals surface area contributed by atoms with Gasteiger partial charge in [0, 0.05) is 5.69 Å². The molecule has 0 saturated carbocycles. The summed E-state index contributed by atoms with van der Waals surface area (Å²) in [5.74, 6) is 0.282. The summed E-state index contributed by atoms with van der Waals surface area (Å²) in [6.45, 7) is 4.61. The molecule has 98 valence electrons. The molecule has 1 amide bonds. The Morgan fingerprint density at radius 3 is 2.78 bits per heavy atom. The van der Waals surface area contributed by atoms with Gasteiger partial charge in [0.2, 0.25) is 5.91 Å². The number of amides is 1. The molecule has 0 aliphatic carbocycles. The van der Waals surface area contributed by atoms with Crippen molar-refractivity contribution in [3.8, 4) is 5.75 Å². The second-order valence-corrected chi connectivity index (χ2v) is 4.95. The lowest BCUT2D eigenvalue weighted by Gasteiger charge is -2.23. The molecule has 4 heteroatoms. The van der Waals surface area contributed by atoms with E-state index in [2.05, 4.69) is 10.6 Å². The number of carbonyl (C=O) groups is 1. The number of benzene rings is 1. The van der Waals surface area contributed by atoms with Crippen LogP contribution in [-0.2, 0) is 4.79 Å². The molecule has 1 aliphatic rings. The van der Waals surface area contributed by atoms with Crippen LogP contribution in [0.5, 0.6) is 5.75 Å². The predicted molar refractivity (Wildman–Crippen MR) is 71.9 cm³/mol. The van der Waals surface area contributed by atoms with Crippen LogP contribution in [0.4, 0.5) is 5.69 Å². The van der Waals surface area contributed by atoms with Crippen molar-refractivity contribution in [3.63, 3.8) is 0 Å². The zero-order valence-corrected chi connectivity index (χ0v) is 10.9. The van der Waals surface area contributed by atoms with Crippen LogP contribution < -0.4 is 10.6 Å². The van der Waals surface area contributed by atoms with Crippen LogP contribution in [0.3, 0.4) is 0 Å². The number of nitrogens with one attached hydrogen (secondary N) is 2. The minimum absolute atomic E-state index is 0.0166. The molecule has 3 N–H and O–H groups in total. The molecular formula is C14H20N2O2. The summed E-state index contributed by atoms with van der Waals surface area (Å²) in [5.41, 5.74) is 2.43. The van der Waals surface area contributed by atoms with Crippen molar-refractivity contribution in [3.05, 3.63) is 23.3 Å². The molecule has 0 spiro atoms. The first-order valence-corrected chi connectivity index (χ1v) is 6.42. The summed E-state index contributed by atoms with van der Waals surface area (Å²) in [6, 6.07) is 3.40. The highest BCUT2D eigenvalue weighted by molar-refractivity contribution is 5.95. The largest absolute Gasteiger partial charge is 0.508 e. The number of anilines is 1. The van der Waals surface area contributed by atoms with E-state index < -0.39 is 0 Å². The Morgan fingerprint density at radius 1 is 1.33 bits per heavy atom. The SMILES string of the molecule is Cc1cc(NC(=O)C2CCCCN2)c(C)cc1O. The number of phenolic OH excluding ortho intramolecular Hbond substituents is 1. The third-order valence-corrected chi connectivity index (χ3v) is 3.43. The molecule has 18 heavy (non-hydrogen) atoms. The minimum atomic E-state index is -0.0905. The van der Waals surface area contributed by atoms with E-state index in [1.54, 1.807) is 6.07 Å². The highest BCUT2D eigenvalue weighted by Gasteiger charge is 2.21. The summed E-state index contributed by atoms with van der Waals surface area (Å²) in [7, 11) is 0. The maximum Gasteiger partial charge on any atom is 0.241 e. The zero-order chi connectivity index (χ0) is 13.1. The topological polar surface area (TPSA) is 61.4 Å². The van der Waals surface area contributed by atoms with Gasteiger partial charge in [-0.25, -0.2) is 0 Å². The van der Waals surface area contributed by atoms with E-state index in [0.717, 1.165) is 42.6 Å². The summed E-state index contributed by atoms with van der Waals surface area (Å²) in [4.78, 5) is 12.1. The van der Waals surface area contributed by atoms with Gasteiger partial charge in [-0.15, -0.1) is 0 Å². The number of hydrogen-bond donors (Lipinski definition) is 3. The van der Waals surface area contributed by atoms with Crippen LogP contribution in [0.2, 0.25) is 0 Å². The van der Waals surface area contributed by atoms with Gasteiger partial charge in [0.25, 0.3) is 0 Å². The molecule has 4 nitrogen and oxygen atoms in total. The van der Waals surface area contributed by atoms with Gasteiger partial charge in [0.05, 0.1) is 6.04 Å². The Labute approximate surface area is 107 Å². The van der Waals surface area contributed by atoms with Crippen molar-refractivity contribution in [2.24, 2.45) is 0 Å². The van der Waals surface area contributed by atoms with Gasteiger partial charge in [-0.3, -0.25) is 4.79 Å². The van der Waals surface area contributed by atoms with E-state index in [1.165, 1.54) is 0 Å². The van der Waals surface area contributed by atoms with Crippen LogP contribution >= 0.6 is 0 Å². The molecule has 0 bridgehead atoms. The van der Waals surface area contributed by atoms with Crippen LogP contribution in [0.15, 0.2) is 12.1 Å². The molecule has 1 aromatic rings. The van der Waals surface area contributed by atoms with Crippen molar-refractivity contribution in [1.29, 1.82) is 0 Å². The summed E-state index contributed by atoms with van der Waals surface area (Å²) < 4.78 is 0. The number of hydrogen-bond acceptors (Lipinski definition) is 3. The minimum Gasteiger partial charge on any atom is -0.508 e. The normalized spacial score (nSPS) is 19.6. The van der Waals surface area contributed by atoms with Gasteiger partial charge in [-0.1, -0.05) is 6.42 Å². The molecule has 0 aromatic heterocycles. The Bertz CT molecular complexity index is 451. The molecule has 1 heterocycles. The average molecular weight is 248 g/mol. The second-order valence-electron chi connectivity index (χ2n) is 4.95. The first-order valence-electron chi connectivity index (χ1n) is 6.42.